The van der Waals surface area contributed by atoms with Crippen LogP contribution in [0.15, 0.2) is 0 Å². The number of rotatable bonds is 2. The Morgan fingerprint density at radius 2 is 2.06 bits per heavy atom. The molecule has 2 rings (SSSR count). The van der Waals surface area contributed by atoms with Crippen molar-refractivity contribution < 1.29 is 4.79 Å². The summed E-state index contributed by atoms with van der Waals surface area (Å²) in [5.74, 6) is 0.898. The van der Waals surface area contributed by atoms with Crippen LogP contribution in [0.4, 0.5) is 0 Å². The van der Waals surface area contributed by atoms with Crippen LogP contribution in [0, 0.1) is 11.3 Å². The van der Waals surface area contributed by atoms with Gasteiger partial charge in [0.1, 0.15) is 0 Å². The number of aromatic nitrogens is 1. The summed E-state index contributed by atoms with van der Waals surface area (Å²) in [4.78, 5) is 17.5. The molecule has 0 saturated carbocycles. The standard InChI is InChI=1S/C13H19NOS/c1-8(2)5-11-14-9-6-13(3,4)7-10(15)12(9)16-11/h8H,5-7H2,1-4H3. The van der Waals surface area contributed by atoms with Crippen LogP contribution in [0.3, 0.4) is 0 Å². The maximum atomic E-state index is 12.0. The van der Waals surface area contributed by atoms with E-state index in [1.165, 1.54) is 0 Å². The molecule has 0 fully saturated rings. The number of thiazole rings is 1. The number of carbonyl (C=O) groups excluding carboxylic acids is 1. The largest absolute Gasteiger partial charge is 0.293 e. The predicted octanol–water partition coefficient (Wildman–Crippen LogP) is 3.50. The van der Waals surface area contributed by atoms with Gasteiger partial charge in [-0.3, -0.25) is 4.79 Å². The fourth-order valence-corrected chi connectivity index (χ4v) is 3.44. The Morgan fingerprint density at radius 3 is 2.69 bits per heavy atom. The van der Waals surface area contributed by atoms with E-state index in [4.69, 9.17) is 0 Å². The SMILES string of the molecule is CC(C)Cc1nc2c(s1)C(=O)CC(C)(C)C2. The van der Waals surface area contributed by atoms with Gasteiger partial charge in [-0.25, -0.2) is 4.98 Å². The molecule has 0 aromatic carbocycles. The minimum absolute atomic E-state index is 0.0905. The van der Waals surface area contributed by atoms with E-state index in [0.717, 1.165) is 28.4 Å². The number of hydrogen-bond acceptors (Lipinski definition) is 3. The van der Waals surface area contributed by atoms with Crippen molar-refractivity contribution in [3.8, 4) is 0 Å². The molecule has 16 heavy (non-hydrogen) atoms. The summed E-state index contributed by atoms with van der Waals surface area (Å²) >= 11 is 1.61. The fourth-order valence-electron chi connectivity index (χ4n) is 2.21. The minimum atomic E-state index is 0.0905. The number of fused-ring (bicyclic) bond motifs is 1. The molecule has 0 spiro atoms. The van der Waals surface area contributed by atoms with Gasteiger partial charge in [0.2, 0.25) is 0 Å². The molecule has 2 nitrogen and oxygen atoms in total. The van der Waals surface area contributed by atoms with Gasteiger partial charge in [0.15, 0.2) is 5.78 Å². The highest BCUT2D eigenvalue weighted by molar-refractivity contribution is 7.13. The van der Waals surface area contributed by atoms with E-state index in [1.54, 1.807) is 11.3 Å². The molecule has 1 aliphatic rings. The lowest BCUT2D eigenvalue weighted by Gasteiger charge is -2.26. The average molecular weight is 237 g/mol. The van der Waals surface area contributed by atoms with Gasteiger partial charge in [-0.15, -0.1) is 11.3 Å². The van der Waals surface area contributed by atoms with Crippen molar-refractivity contribution in [2.45, 2.75) is 47.0 Å². The Labute approximate surface area is 101 Å². The minimum Gasteiger partial charge on any atom is -0.293 e. The first-order chi connectivity index (χ1) is 7.37. The van der Waals surface area contributed by atoms with Crippen molar-refractivity contribution >= 4 is 17.1 Å². The quantitative estimate of drug-likeness (QED) is 0.788. The van der Waals surface area contributed by atoms with E-state index in [1.807, 2.05) is 0 Å². The lowest BCUT2D eigenvalue weighted by atomic mass is 9.78. The number of nitrogens with zero attached hydrogens (tertiary/aromatic N) is 1. The van der Waals surface area contributed by atoms with Gasteiger partial charge in [-0.1, -0.05) is 27.7 Å². The second-order valence-corrected chi connectivity index (χ2v) is 7.01. The number of carbonyl (C=O) groups is 1. The average Bonchev–Trinajstić information content (AvgIpc) is 2.43. The summed E-state index contributed by atoms with van der Waals surface area (Å²) in [6.45, 7) is 8.67. The smallest absolute Gasteiger partial charge is 0.175 e. The second kappa shape index (κ2) is 3.95. The molecule has 0 saturated heterocycles. The normalized spacial score (nSPS) is 18.9. The summed E-state index contributed by atoms with van der Waals surface area (Å²) in [7, 11) is 0. The summed E-state index contributed by atoms with van der Waals surface area (Å²) in [5, 5.41) is 1.13. The highest BCUT2D eigenvalue weighted by Crippen LogP contribution is 2.37. The highest BCUT2D eigenvalue weighted by Gasteiger charge is 2.33. The van der Waals surface area contributed by atoms with E-state index in [2.05, 4.69) is 32.7 Å². The lowest BCUT2D eigenvalue weighted by molar-refractivity contribution is 0.0916. The fraction of sp³-hybridized carbons (Fsp3) is 0.692. The van der Waals surface area contributed by atoms with Crippen molar-refractivity contribution in [1.29, 1.82) is 0 Å². The Bertz CT molecular complexity index is 418. The van der Waals surface area contributed by atoms with Gasteiger partial charge in [0, 0.05) is 12.8 Å². The van der Waals surface area contributed by atoms with E-state index in [-0.39, 0.29) is 5.41 Å². The molecule has 0 aliphatic heterocycles. The monoisotopic (exact) mass is 237 g/mol. The Hall–Kier alpha value is -0.700. The number of hydrogen-bond donors (Lipinski definition) is 0. The zero-order valence-electron chi connectivity index (χ0n) is 10.5. The highest BCUT2D eigenvalue weighted by atomic mass is 32.1. The molecule has 1 aromatic rings. The van der Waals surface area contributed by atoms with Crippen molar-refractivity contribution in [1.82, 2.24) is 4.98 Å². The van der Waals surface area contributed by atoms with Crippen LogP contribution in [-0.2, 0) is 12.8 Å². The van der Waals surface area contributed by atoms with Crippen LogP contribution in [0.2, 0.25) is 0 Å². The van der Waals surface area contributed by atoms with Gasteiger partial charge in [0.25, 0.3) is 0 Å². The van der Waals surface area contributed by atoms with Gasteiger partial charge in [0.05, 0.1) is 15.6 Å². The molecular weight excluding hydrogens is 218 g/mol. The first kappa shape index (κ1) is 11.8. The first-order valence-electron chi connectivity index (χ1n) is 5.89. The van der Waals surface area contributed by atoms with Gasteiger partial charge < -0.3 is 0 Å². The van der Waals surface area contributed by atoms with E-state index < -0.39 is 0 Å². The summed E-state index contributed by atoms with van der Waals surface area (Å²) in [5.41, 5.74) is 1.13. The zero-order valence-corrected chi connectivity index (χ0v) is 11.3. The van der Waals surface area contributed by atoms with Crippen LogP contribution < -0.4 is 0 Å². The maximum absolute atomic E-state index is 12.0. The number of Topliss-reactive ketones (excluding diaryl/α,β-unsaturated/α-hetero) is 1. The molecule has 88 valence electrons. The molecule has 0 amide bonds. The van der Waals surface area contributed by atoms with Crippen molar-refractivity contribution in [2.24, 2.45) is 11.3 Å². The molecule has 1 aromatic heterocycles. The molecule has 1 heterocycles. The second-order valence-electron chi connectivity index (χ2n) is 5.92. The van der Waals surface area contributed by atoms with Gasteiger partial charge in [-0.2, -0.15) is 0 Å². The zero-order chi connectivity index (χ0) is 11.9. The molecule has 0 radical (unpaired) electrons. The van der Waals surface area contributed by atoms with E-state index in [9.17, 15) is 4.79 Å². The van der Waals surface area contributed by atoms with Crippen LogP contribution in [-0.4, -0.2) is 10.8 Å². The van der Waals surface area contributed by atoms with Crippen LogP contribution in [0.1, 0.15) is 54.5 Å². The van der Waals surface area contributed by atoms with Crippen molar-refractivity contribution in [3.05, 3.63) is 15.6 Å². The molecule has 1 aliphatic carbocycles. The lowest BCUT2D eigenvalue weighted by Crippen LogP contribution is -2.26. The molecule has 0 unspecified atom stereocenters. The van der Waals surface area contributed by atoms with Crippen molar-refractivity contribution in [3.63, 3.8) is 0 Å². The molecule has 0 atom stereocenters. The third-order valence-electron chi connectivity index (χ3n) is 2.86. The van der Waals surface area contributed by atoms with Crippen LogP contribution >= 0.6 is 11.3 Å². The van der Waals surface area contributed by atoms with Crippen molar-refractivity contribution in [2.75, 3.05) is 0 Å². The van der Waals surface area contributed by atoms with Gasteiger partial charge in [-0.05, 0) is 17.8 Å². The van der Waals surface area contributed by atoms with Crippen LogP contribution in [0.5, 0.6) is 0 Å². The predicted molar refractivity (Wildman–Crippen MR) is 67.1 cm³/mol. The van der Waals surface area contributed by atoms with E-state index in [0.29, 0.717) is 18.1 Å². The Kier molecular flexibility index (Phi) is 2.91. The topological polar surface area (TPSA) is 30.0 Å². The molecule has 0 bridgehead atoms. The summed E-state index contributed by atoms with van der Waals surface area (Å²) in [6, 6.07) is 0. The Balaban J connectivity index is 2.30. The maximum Gasteiger partial charge on any atom is 0.175 e. The Morgan fingerprint density at radius 1 is 1.38 bits per heavy atom. The first-order valence-corrected chi connectivity index (χ1v) is 6.71. The van der Waals surface area contributed by atoms with Gasteiger partial charge >= 0.3 is 0 Å². The third kappa shape index (κ3) is 2.34. The van der Waals surface area contributed by atoms with E-state index >= 15 is 0 Å². The molecule has 0 N–H and O–H groups in total. The number of ketones is 1. The summed E-state index contributed by atoms with van der Waals surface area (Å²) < 4.78 is 0. The third-order valence-corrected chi connectivity index (χ3v) is 4.02. The summed E-state index contributed by atoms with van der Waals surface area (Å²) in [6.07, 6.45) is 2.61. The van der Waals surface area contributed by atoms with Crippen LogP contribution in [0.25, 0.3) is 0 Å². The molecular formula is C13H19NOS. The molecule has 3 heteroatoms.